The molecular formula is C24H46N2O11. The second-order valence-corrected chi connectivity index (χ2v) is 9.89. The van der Waals surface area contributed by atoms with Gasteiger partial charge in [-0.25, -0.2) is 0 Å². The number of hydrogen-bond acceptors (Lipinski definition) is 12. The topological polar surface area (TPSA) is 202 Å². The first-order valence-corrected chi connectivity index (χ1v) is 13.1. The van der Waals surface area contributed by atoms with Crippen molar-refractivity contribution in [2.24, 2.45) is 0 Å². The quantitative estimate of drug-likeness (QED) is 0.0988. The monoisotopic (exact) mass is 538 g/mol. The fraction of sp³-hybridized carbons (Fsp3) is 0.958. The van der Waals surface area contributed by atoms with Crippen molar-refractivity contribution in [2.75, 3.05) is 39.9 Å². The number of aliphatic hydroxyl groups excluding tert-OH is 7. The molecule has 2 aliphatic heterocycles. The molecule has 0 spiro atoms. The van der Waals surface area contributed by atoms with Gasteiger partial charge < -0.3 is 60.2 Å². The smallest absolute Gasteiger partial charge is 0.219 e. The third-order valence-corrected chi connectivity index (χ3v) is 7.11. The van der Waals surface area contributed by atoms with Crippen LogP contribution in [-0.2, 0) is 19.0 Å². The second-order valence-electron chi connectivity index (χ2n) is 9.89. The molecule has 13 nitrogen and oxygen atoms in total. The number of unbranched alkanes of at least 4 members (excludes halogenated alkanes) is 2. The number of aliphatic hydroxyl groups is 7. The van der Waals surface area contributed by atoms with Crippen molar-refractivity contribution in [2.45, 2.75) is 107 Å². The van der Waals surface area contributed by atoms with E-state index in [1.807, 2.05) is 0 Å². The van der Waals surface area contributed by atoms with Crippen LogP contribution >= 0.6 is 0 Å². The van der Waals surface area contributed by atoms with Gasteiger partial charge in [0.1, 0.15) is 42.7 Å². The third kappa shape index (κ3) is 9.62. The van der Waals surface area contributed by atoms with Gasteiger partial charge in [0.25, 0.3) is 0 Å². The molecule has 218 valence electrons. The number of hydrogen-bond donors (Lipinski definition) is 8. The number of amides is 1. The molecule has 0 saturated carbocycles. The van der Waals surface area contributed by atoms with Crippen LogP contribution in [0.5, 0.6) is 0 Å². The Kier molecular flexibility index (Phi) is 14.1. The Labute approximate surface area is 217 Å². The number of nitrogens with one attached hydrogen (secondary N) is 1. The zero-order chi connectivity index (χ0) is 27.5. The lowest BCUT2D eigenvalue weighted by molar-refractivity contribution is -0.301. The minimum Gasteiger partial charge on any atom is -0.394 e. The van der Waals surface area contributed by atoms with Crippen LogP contribution in [0.4, 0.5) is 0 Å². The maximum atomic E-state index is 11.4. The van der Waals surface area contributed by atoms with E-state index in [1.165, 1.54) is 0 Å². The van der Waals surface area contributed by atoms with Crippen LogP contribution in [0.3, 0.4) is 0 Å². The second kappa shape index (κ2) is 16.2. The van der Waals surface area contributed by atoms with Gasteiger partial charge in [-0.05, 0) is 45.7 Å². The van der Waals surface area contributed by atoms with Crippen LogP contribution in [0.1, 0.15) is 45.4 Å². The molecule has 0 aromatic carbocycles. The molecule has 1 amide bonds. The highest BCUT2D eigenvalue weighted by atomic mass is 16.7. The predicted molar refractivity (Wildman–Crippen MR) is 130 cm³/mol. The summed E-state index contributed by atoms with van der Waals surface area (Å²) in [5.41, 5.74) is 0. The summed E-state index contributed by atoms with van der Waals surface area (Å²) in [7, 11) is 1.60. The average Bonchev–Trinajstić information content (AvgIpc) is 2.89. The number of carbonyl (C=O) groups excluding carboxylic acids is 1. The molecule has 0 aromatic rings. The molecule has 10 atom stereocenters. The summed E-state index contributed by atoms with van der Waals surface area (Å²) in [6.45, 7) is 3.03. The van der Waals surface area contributed by atoms with Crippen molar-refractivity contribution in [1.29, 1.82) is 0 Å². The zero-order valence-corrected chi connectivity index (χ0v) is 21.8. The van der Waals surface area contributed by atoms with E-state index in [9.17, 15) is 40.5 Å². The lowest BCUT2D eigenvalue weighted by atomic mass is 9.93. The molecule has 8 N–H and O–H groups in total. The predicted octanol–water partition coefficient (Wildman–Crippen LogP) is -2.94. The molecule has 13 heteroatoms. The summed E-state index contributed by atoms with van der Waals surface area (Å²) in [5.74, 6) is -0.00245. The average molecular weight is 539 g/mol. The first kappa shape index (κ1) is 32.2. The van der Waals surface area contributed by atoms with Crippen molar-refractivity contribution in [1.82, 2.24) is 10.2 Å². The van der Waals surface area contributed by atoms with Crippen LogP contribution in [0.25, 0.3) is 0 Å². The van der Waals surface area contributed by atoms with E-state index in [2.05, 4.69) is 10.2 Å². The molecule has 0 radical (unpaired) electrons. The van der Waals surface area contributed by atoms with Crippen molar-refractivity contribution in [3.8, 4) is 0 Å². The van der Waals surface area contributed by atoms with Gasteiger partial charge in [0.15, 0.2) is 6.29 Å². The molecule has 0 bridgehead atoms. The number of nitrogens with zero attached hydrogens (tertiary/aromatic N) is 1. The van der Waals surface area contributed by atoms with Crippen LogP contribution in [0.15, 0.2) is 0 Å². The number of carbonyl (C=O) groups is 1. The molecule has 2 saturated heterocycles. The molecule has 0 aromatic heterocycles. The summed E-state index contributed by atoms with van der Waals surface area (Å²) in [5, 5.41) is 72.1. The normalized spacial score (nSPS) is 36.6. The summed E-state index contributed by atoms with van der Waals surface area (Å²) in [6, 6.07) is 0. The molecule has 37 heavy (non-hydrogen) atoms. The first-order valence-electron chi connectivity index (χ1n) is 13.1. The molecule has 2 rings (SSSR count). The Balaban J connectivity index is 1.84. The van der Waals surface area contributed by atoms with Gasteiger partial charge in [0.2, 0.25) is 5.91 Å². The van der Waals surface area contributed by atoms with E-state index in [-0.39, 0.29) is 12.5 Å². The van der Waals surface area contributed by atoms with Crippen LogP contribution in [-0.4, -0.2) is 148 Å². The highest BCUT2D eigenvalue weighted by Crippen LogP contribution is 2.24. The molecule has 2 fully saturated rings. The molecule has 0 aliphatic carbocycles. The summed E-state index contributed by atoms with van der Waals surface area (Å²) >= 11 is 0. The van der Waals surface area contributed by atoms with Gasteiger partial charge in [-0.1, -0.05) is 6.42 Å². The molecular weight excluding hydrogens is 492 g/mol. The first-order chi connectivity index (χ1) is 17.6. The van der Waals surface area contributed by atoms with E-state index in [1.54, 1.807) is 14.0 Å². The maximum Gasteiger partial charge on any atom is 0.219 e. The van der Waals surface area contributed by atoms with Crippen molar-refractivity contribution in [3.05, 3.63) is 0 Å². The lowest BCUT2D eigenvalue weighted by Crippen LogP contribution is -2.59. The molecule has 0 unspecified atom stereocenters. The number of ether oxygens (including phenoxy) is 3. The van der Waals surface area contributed by atoms with E-state index in [0.717, 1.165) is 19.3 Å². The Morgan fingerprint density at radius 1 is 0.811 bits per heavy atom. The largest absolute Gasteiger partial charge is 0.394 e. The minimum absolute atomic E-state index is 0.00245. The van der Waals surface area contributed by atoms with Gasteiger partial charge in [-0.15, -0.1) is 0 Å². The summed E-state index contributed by atoms with van der Waals surface area (Å²) in [4.78, 5) is 13.5. The fourth-order valence-electron chi connectivity index (χ4n) is 4.65. The zero-order valence-electron chi connectivity index (χ0n) is 21.8. The fourth-order valence-corrected chi connectivity index (χ4v) is 4.65. The lowest BCUT2D eigenvalue weighted by Gasteiger charge is -2.40. The van der Waals surface area contributed by atoms with Crippen molar-refractivity contribution >= 4 is 5.91 Å². The standard InChI is InChI=1S/C24H46N2O11/c1-14-18(29)21(32)19(30)15(36-14)7-6-10-26(9-5-3-4-8-17(28)25-2)11-12-35-24-23(34)22(33)20(31)16(13-27)37-24/h14-16,18-24,27,29-34H,3-13H2,1-2H3,(H,25,28)/t14-,15-,16+,18+,19+,20+,21+,22-,23-,24+/m0/s1. The molecule has 2 aliphatic rings. The Morgan fingerprint density at radius 3 is 2.14 bits per heavy atom. The van der Waals surface area contributed by atoms with E-state index < -0.39 is 67.8 Å². The van der Waals surface area contributed by atoms with Gasteiger partial charge in [0.05, 0.1) is 25.4 Å². The van der Waals surface area contributed by atoms with Crippen LogP contribution in [0, 0.1) is 0 Å². The maximum absolute atomic E-state index is 11.4. The van der Waals surface area contributed by atoms with Gasteiger partial charge >= 0.3 is 0 Å². The SMILES string of the molecule is CNC(=O)CCCCCN(CCC[C@@H]1O[C@@H](C)[C@@H](O)[C@@H](O)[C@@H]1O)CCO[C@@H]1O[C@H](CO)[C@@H](O)[C@H](O)[C@@H]1O. The summed E-state index contributed by atoms with van der Waals surface area (Å²) < 4.78 is 16.7. The molecule has 2 heterocycles. The highest BCUT2D eigenvalue weighted by molar-refractivity contribution is 5.75. The van der Waals surface area contributed by atoms with Crippen molar-refractivity contribution in [3.63, 3.8) is 0 Å². The Hall–Kier alpha value is -0.970. The third-order valence-electron chi connectivity index (χ3n) is 7.11. The Morgan fingerprint density at radius 2 is 1.46 bits per heavy atom. The van der Waals surface area contributed by atoms with E-state index in [0.29, 0.717) is 38.9 Å². The van der Waals surface area contributed by atoms with Crippen LogP contribution < -0.4 is 5.32 Å². The van der Waals surface area contributed by atoms with Gasteiger partial charge in [0, 0.05) is 20.0 Å². The Bertz CT molecular complexity index is 658. The van der Waals surface area contributed by atoms with Gasteiger partial charge in [-0.2, -0.15) is 0 Å². The highest BCUT2D eigenvalue weighted by Gasteiger charge is 2.44. The van der Waals surface area contributed by atoms with Crippen molar-refractivity contribution < 1.29 is 54.8 Å². The van der Waals surface area contributed by atoms with E-state index >= 15 is 0 Å². The van der Waals surface area contributed by atoms with E-state index in [4.69, 9.17) is 14.2 Å². The minimum atomic E-state index is -1.51. The number of rotatable bonds is 15. The summed E-state index contributed by atoms with van der Waals surface area (Å²) in [6.07, 6.45) is -7.46. The van der Waals surface area contributed by atoms with Gasteiger partial charge in [-0.3, -0.25) is 4.79 Å². The van der Waals surface area contributed by atoms with Crippen LogP contribution in [0.2, 0.25) is 0 Å².